The average molecular weight is 312 g/mol. The number of ether oxygens (including phenoxy) is 3. The zero-order valence-corrected chi connectivity index (χ0v) is 11.0. The fourth-order valence-electron chi connectivity index (χ4n) is 2.29. The minimum atomic E-state index is -1.66. The van der Waals surface area contributed by atoms with E-state index in [9.17, 15) is 30.6 Å². The summed E-state index contributed by atoms with van der Waals surface area (Å²) in [5.41, 5.74) is 0. The van der Waals surface area contributed by atoms with Gasteiger partial charge in [0.05, 0.1) is 13.2 Å². The molecule has 2 rings (SSSR count). The van der Waals surface area contributed by atoms with Crippen LogP contribution in [0.2, 0.25) is 0 Å². The summed E-state index contributed by atoms with van der Waals surface area (Å²) in [5, 5.41) is 66.8. The summed E-state index contributed by atoms with van der Waals surface area (Å²) in [4.78, 5) is 0. The highest BCUT2D eigenvalue weighted by Gasteiger charge is 2.48. The van der Waals surface area contributed by atoms with Crippen molar-refractivity contribution < 1.29 is 50.0 Å². The number of hydrogen-bond donors (Lipinski definition) is 7. The van der Waals surface area contributed by atoms with Crippen LogP contribution in [0.3, 0.4) is 0 Å². The van der Waals surface area contributed by atoms with Crippen LogP contribution < -0.4 is 0 Å². The fourth-order valence-corrected chi connectivity index (χ4v) is 2.29. The molecule has 2 aliphatic rings. The summed E-state index contributed by atoms with van der Waals surface area (Å²) < 4.78 is 15.0. The van der Waals surface area contributed by atoms with Crippen LogP contribution in [0.5, 0.6) is 0 Å². The normalized spacial score (nSPS) is 51.9. The molecule has 0 spiro atoms. The summed E-state index contributed by atoms with van der Waals surface area (Å²) in [7, 11) is 0. The summed E-state index contributed by atoms with van der Waals surface area (Å²) in [6.07, 6.45) is -13.3. The molecule has 124 valence electrons. The third-order valence-electron chi connectivity index (χ3n) is 3.59. The largest absolute Gasteiger partial charge is 0.394 e. The maximum absolute atomic E-state index is 9.79. The summed E-state index contributed by atoms with van der Waals surface area (Å²) in [6, 6.07) is 0. The van der Waals surface area contributed by atoms with Gasteiger partial charge < -0.3 is 50.0 Å². The van der Waals surface area contributed by atoms with Crippen LogP contribution in [0.4, 0.5) is 0 Å². The topological polar surface area (TPSA) is 169 Å². The van der Waals surface area contributed by atoms with Crippen LogP contribution >= 0.6 is 0 Å². The van der Waals surface area contributed by atoms with E-state index in [4.69, 9.17) is 14.6 Å². The van der Waals surface area contributed by atoms with Crippen molar-refractivity contribution >= 4 is 0 Å². The Kier molecular flexibility index (Phi) is 5.48. The first-order valence-electron chi connectivity index (χ1n) is 6.48. The Bertz CT molecular complexity index is 339. The highest BCUT2D eigenvalue weighted by Crippen LogP contribution is 2.26. The van der Waals surface area contributed by atoms with Gasteiger partial charge in [0.1, 0.15) is 42.7 Å². The monoisotopic (exact) mass is 312 g/mol. The molecule has 0 aromatic carbocycles. The van der Waals surface area contributed by atoms with E-state index in [0.717, 1.165) is 0 Å². The van der Waals surface area contributed by atoms with Gasteiger partial charge in [0, 0.05) is 0 Å². The van der Waals surface area contributed by atoms with Crippen molar-refractivity contribution in [2.24, 2.45) is 0 Å². The van der Waals surface area contributed by atoms with Gasteiger partial charge in [-0.25, -0.2) is 0 Å². The van der Waals surface area contributed by atoms with Crippen LogP contribution in [-0.2, 0) is 14.2 Å². The maximum Gasteiger partial charge on any atom is 0.187 e. The second-order valence-electron chi connectivity index (χ2n) is 5.08. The quantitative estimate of drug-likeness (QED) is 0.268. The van der Waals surface area contributed by atoms with E-state index in [1.165, 1.54) is 0 Å². The van der Waals surface area contributed by atoms with E-state index < -0.39 is 61.9 Å². The van der Waals surface area contributed by atoms with Gasteiger partial charge >= 0.3 is 0 Å². The zero-order valence-electron chi connectivity index (χ0n) is 11.0. The molecule has 0 saturated carbocycles. The second kappa shape index (κ2) is 6.79. The minimum absolute atomic E-state index is 0.305. The molecule has 9 atom stereocenters. The van der Waals surface area contributed by atoms with E-state index in [1.807, 2.05) is 0 Å². The van der Waals surface area contributed by atoms with Crippen LogP contribution in [0, 0.1) is 0 Å². The number of rotatable bonds is 3. The molecule has 2 saturated heterocycles. The van der Waals surface area contributed by atoms with Crippen molar-refractivity contribution in [2.45, 2.75) is 55.3 Å². The van der Waals surface area contributed by atoms with Gasteiger partial charge in [0.25, 0.3) is 0 Å². The van der Waals surface area contributed by atoms with Gasteiger partial charge in [-0.2, -0.15) is 0 Å². The van der Waals surface area contributed by atoms with Crippen molar-refractivity contribution in [1.82, 2.24) is 0 Å². The SMILES string of the molecule is OC[C@H]1O[C@@H](O[C@@H]2[C@H](O)COC(O)[C@H]2O)[C@H](O)[C@@H](O)[C@H]1O. The fraction of sp³-hybridized carbons (Fsp3) is 1.00. The molecule has 0 aliphatic carbocycles. The summed E-state index contributed by atoms with van der Waals surface area (Å²) in [5.74, 6) is 0. The lowest BCUT2D eigenvalue weighted by molar-refractivity contribution is -0.345. The minimum Gasteiger partial charge on any atom is -0.394 e. The van der Waals surface area contributed by atoms with Crippen molar-refractivity contribution in [3.05, 3.63) is 0 Å². The van der Waals surface area contributed by atoms with Crippen LogP contribution in [0.1, 0.15) is 0 Å². The average Bonchev–Trinajstić information content (AvgIpc) is 2.47. The number of aliphatic hydroxyl groups excluding tert-OH is 7. The summed E-state index contributed by atoms with van der Waals surface area (Å²) >= 11 is 0. The standard InChI is InChI=1S/C11H20O10/c12-1-4-5(14)6(15)7(16)11(20-4)21-9-3(13)2-19-10(18)8(9)17/h3-18H,1-2H2/t3-,4-,5+,6+,7-,8+,9-,10?,11+/m1/s1. The molecule has 2 heterocycles. The second-order valence-corrected chi connectivity index (χ2v) is 5.08. The Morgan fingerprint density at radius 2 is 1.57 bits per heavy atom. The van der Waals surface area contributed by atoms with Crippen molar-refractivity contribution in [1.29, 1.82) is 0 Å². The molecule has 0 aromatic heterocycles. The first-order chi connectivity index (χ1) is 9.86. The van der Waals surface area contributed by atoms with E-state index in [-0.39, 0.29) is 6.61 Å². The molecule has 2 fully saturated rings. The van der Waals surface area contributed by atoms with Gasteiger partial charge in [0.15, 0.2) is 12.6 Å². The molecule has 0 amide bonds. The Hall–Kier alpha value is -0.400. The molecule has 10 nitrogen and oxygen atoms in total. The number of aliphatic hydroxyl groups is 7. The van der Waals surface area contributed by atoms with Crippen LogP contribution in [0.15, 0.2) is 0 Å². The van der Waals surface area contributed by atoms with Gasteiger partial charge in [0.2, 0.25) is 0 Å². The highest BCUT2D eigenvalue weighted by atomic mass is 16.7. The molecular formula is C11H20O10. The molecule has 0 bridgehead atoms. The molecule has 2 aliphatic heterocycles. The Morgan fingerprint density at radius 3 is 2.19 bits per heavy atom. The molecular weight excluding hydrogens is 292 g/mol. The Labute approximate surface area is 119 Å². The van der Waals surface area contributed by atoms with Crippen molar-refractivity contribution in [2.75, 3.05) is 13.2 Å². The molecule has 0 radical (unpaired) electrons. The predicted octanol–water partition coefficient (Wildman–Crippen LogP) is -4.76. The van der Waals surface area contributed by atoms with Gasteiger partial charge in [-0.1, -0.05) is 0 Å². The lowest BCUT2D eigenvalue weighted by atomic mass is 9.98. The third kappa shape index (κ3) is 3.35. The lowest BCUT2D eigenvalue weighted by Gasteiger charge is -2.43. The molecule has 21 heavy (non-hydrogen) atoms. The van der Waals surface area contributed by atoms with Crippen LogP contribution in [-0.4, -0.2) is 104 Å². The molecule has 1 unspecified atom stereocenters. The first-order valence-corrected chi connectivity index (χ1v) is 6.48. The van der Waals surface area contributed by atoms with E-state index in [1.54, 1.807) is 0 Å². The van der Waals surface area contributed by atoms with E-state index >= 15 is 0 Å². The zero-order chi connectivity index (χ0) is 15.7. The third-order valence-corrected chi connectivity index (χ3v) is 3.59. The highest BCUT2D eigenvalue weighted by molar-refractivity contribution is 4.91. The molecule has 7 N–H and O–H groups in total. The van der Waals surface area contributed by atoms with Gasteiger partial charge in [-0.15, -0.1) is 0 Å². The van der Waals surface area contributed by atoms with Gasteiger partial charge in [-0.05, 0) is 0 Å². The smallest absolute Gasteiger partial charge is 0.187 e. The van der Waals surface area contributed by atoms with E-state index in [2.05, 4.69) is 4.74 Å². The number of hydrogen-bond acceptors (Lipinski definition) is 10. The van der Waals surface area contributed by atoms with Crippen molar-refractivity contribution in [3.63, 3.8) is 0 Å². The predicted molar refractivity (Wildman–Crippen MR) is 62.6 cm³/mol. The van der Waals surface area contributed by atoms with Crippen molar-refractivity contribution in [3.8, 4) is 0 Å². The molecule has 0 aromatic rings. The molecule has 10 heteroatoms. The van der Waals surface area contributed by atoms with Crippen LogP contribution in [0.25, 0.3) is 0 Å². The lowest BCUT2D eigenvalue weighted by Crippen LogP contribution is -2.62. The Balaban J connectivity index is 2.06. The van der Waals surface area contributed by atoms with Gasteiger partial charge in [-0.3, -0.25) is 0 Å². The first kappa shape index (κ1) is 17.0. The maximum atomic E-state index is 9.79. The Morgan fingerprint density at radius 1 is 0.905 bits per heavy atom. The van der Waals surface area contributed by atoms with E-state index in [0.29, 0.717) is 0 Å². The summed E-state index contributed by atoms with van der Waals surface area (Å²) in [6.45, 7) is -0.938.